The summed E-state index contributed by atoms with van der Waals surface area (Å²) in [6.45, 7) is 7.44. The minimum Gasteiger partial charge on any atom is -0.462 e. The Hall–Kier alpha value is -1.94. The second-order valence-corrected chi connectivity index (χ2v) is 36.2. The number of hydrogen-bond acceptors (Lipinski definition) is 15. The zero-order valence-electron chi connectivity index (χ0n) is 73.1. The van der Waals surface area contributed by atoms with E-state index in [9.17, 15) is 43.2 Å². The van der Waals surface area contributed by atoms with E-state index < -0.39 is 97.5 Å². The van der Waals surface area contributed by atoms with Crippen LogP contribution < -0.4 is 0 Å². The number of ether oxygens (including phenoxy) is 4. The van der Waals surface area contributed by atoms with Crippen LogP contribution >= 0.6 is 15.6 Å². The first kappa shape index (κ1) is 109. The maximum Gasteiger partial charge on any atom is 0.472 e. The largest absolute Gasteiger partial charge is 0.472 e. The Balaban J connectivity index is 5.16. The average molecular weight is 1620 g/mol. The van der Waals surface area contributed by atoms with Crippen molar-refractivity contribution in [2.75, 3.05) is 39.6 Å². The Bertz CT molecular complexity index is 2100. The van der Waals surface area contributed by atoms with E-state index in [-0.39, 0.29) is 25.7 Å². The van der Waals surface area contributed by atoms with Crippen molar-refractivity contribution in [3.63, 3.8) is 0 Å². The van der Waals surface area contributed by atoms with E-state index in [0.29, 0.717) is 25.7 Å². The van der Waals surface area contributed by atoms with Gasteiger partial charge in [0.05, 0.1) is 26.4 Å². The second kappa shape index (κ2) is 84.5. The first-order valence-electron chi connectivity index (χ1n) is 47.7. The molecule has 0 rings (SSSR count). The Morgan fingerprint density at radius 1 is 0.252 bits per heavy atom. The summed E-state index contributed by atoms with van der Waals surface area (Å²) < 4.78 is 69.0. The average Bonchev–Trinajstić information content (AvgIpc) is 0.899. The summed E-state index contributed by atoms with van der Waals surface area (Å²) in [6, 6.07) is 0. The Morgan fingerprint density at radius 3 is 0.640 bits per heavy atom. The van der Waals surface area contributed by atoms with E-state index in [2.05, 4.69) is 34.6 Å². The highest BCUT2D eigenvalue weighted by atomic mass is 31.2. The molecule has 0 spiro atoms. The van der Waals surface area contributed by atoms with Crippen LogP contribution in [0, 0.1) is 5.92 Å². The topological polar surface area (TPSA) is 237 Å². The lowest BCUT2D eigenvalue weighted by molar-refractivity contribution is -0.161. The molecule has 17 nitrogen and oxygen atoms in total. The number of rotatable bonds is 92. The van der Waals surface area contributed by atoms with Gasteiger partial charge in [-0.1, -0.05) is 452 Å². The molecular weight excluding hydrogens is 1440 g/mol. The van der Waals surface area contributed by atoms with Crippen LogP contribution in [-0.4, -0.2) is 96.7 Å². The van der Waals surface area contributed by atoms with Gasteiger partial charge in [0.25, 0.3) is 0 Å². The lowest BCUT2D eigenvalue weighted by Crippen LogP contribution is -2.30. The second-order valence-electron chi connectivity index (χ2n) is 33.3. The summed E-state index contributed by atoms with van der Waals surface area (Å²) in [5.41, 5.74) is 0. The molecule has 19 heteroatoms. The molecule has 0 fully saturated rings. The molecule has 3 N–H and O–H groups in total. The fourth-order valence-electron chi connectivity index (χ4n) is 14.5. The van der Waals surface area contributed by atoms with Gasteiger partial charge in [0.1, 0.15) is 19.3 Å². The van der Waals surface area contributed by atoms with Gasteiger partial charge in [0.15, 0.2) is 12.2 Å². The third-order valence-electron chi connectivity index (χ3n) is 22.1. The van der Waals surface area contributed by atoms with E-state index in [4.69, 9.17) is 37.0 Å². The van der Waals surface area contributed by atoms with Crippen LogP contribution in [0.2, 0.25) is 0 Å². The number of carbonyl (C=O) groups excluding carboxylic acids is 4. The number of hydrogen-bond donors (Lipinski definition) is 3. The van der Waals surface area contributed by atoms with Gasteiger partial charge in [-0.15, -0.1) is 0 Å². The Kier molecular flexibility index (Phi) is 83.0. The van der Waals surface area contributed by atoms with E-state index >= 15 is 0 Å². The lowest BCUT2D eigenvalue weighted by Gasteiger charge is -2.21. The monoisotopic (exact) mass is 1620 g/mol. The molecular formula is C92H180O17P2. The quantitative estimate of drug-likeness (QED) is 0.0222. The SMILES string of the molecule is CCCCCCCCCCCCCCCCCCCCCCCCC(=O)OC[C@H](COP(=O)(O)OC[C@@H](O)COP(=O)(O)OC[C@@H](COC(=O)CCCCCCCCCC)OC(=O)CCCCCCCCCCCCCCCCCCCCC)OC(=O)CCCCCCCCCCCCCCCCCCCCC(C)CC. The molecule has 0 aliphatic rings. The summed E-state index contributed by atoms with van der Waals surface area (Å²) >= 11 is 0. The molecule has 0 saturated heterocycles. The van der Waals surface area contributed by atoms with Crippen molar-refractivity contribution in [1.82, 2.24) is 0 Å². The molecule has 0 heterocycles. The van der Waals surface area contributed by atoms with Crippen molar-refractivity contribution >= 4 is 39.5 Å². The van der Waals surface area contributed by atoms with Gasteiger partial charge in [-0.3, -0.25) is 37.3 Å². The van der Waals surface area contributed by atoms with Gasteiger partial charge in [-0.05, 0) is 31.6 Å². The Labute approximate surface area is 683 Å². The third kappa shape index (κ3) is 84.3. The third-order valence-corrected chi connectivity index (χ3v) is 24.0. The van der Waals surface area contributed by atoms with Gasteiger partial charge < -0.3 is 33.8 Å². The molecule has 660 valence electrons. The molecule has 0 aromatic carbocycles. The summed E-state index contributed by atoms with van der Waals surface area (Å²) in [4.78, 5) is 73.3. The molecule has 0 bridgehead atoms. The van der Waals surface area contributed by atoms with Crippen LogP contribution in [0.1, 0.15) is 503 Å². The summed E-state index contributed by atoms with van der Waals surface area (Å²) in [5, 5.41) is 10.7. The van der Waals surface area contributed by atoms with Gasteiger partial charge in [-0.2, -0.15) is 0 Å². The van der Waals surface area contributed by atoms with E-state index in [1.807, 2.05) is 0 Å². The maximum absolute atomic E-state index is 13.2. The number of phosphoric ester groups is 2. The van der Waals surface area contributed by atoms with Crippen molar-refractivity contribution in [3.05, 3.63) is 0 Å². The predicted octanol–water partition coefficient (Wildman–Crippen LogP) is 28.7. The van der Waals surface area contributed by atoms with Gasteiger partial charge in [0.2, 0.25) is 0 Å². The van der Waals surface area contributed by atoms with Crippen LogP contribution in [0.25, 0.3) is 0 Å². The van der Waals surface area contributed by atoms with Crippen LogP contribution in [0.4, 0.5) is 0 Å². The molecule has 0 amide bonds. The number of aliphatic hydroxyl groups excluding tert-OH is 1. The highest BCUT2D eigenvalue weighted by Crippen LogP contribution is 2.45. The minimum atomic E-state index is -4.97. The number of phosphoric acid groups is 2. The highest BCUT2D eigenvalue weighted by Gasteiger charge is 2.31. The van der Waals surface area contributed by atoms with Gasteiger partial charge in [-0.25, -0.2) is 9.13 Å². The van der Waals surface area contributed by atoms with Crippen molar-refractivity contribution in [3.8, 4) is 0 Å². The molecule has 0 aliphatic heterocycles. The number of carbonyl (C=O) groups is 4. The molecule has 0 aliphatic carbocycles. The molecule has 0 saturated carbocycles. The molecule has 6 atom stereocenters. The normalized spacial score (nSPS) is 13.9. The number of aliphatic hydroxyl groups is 1. The standard InChI is InChI=1S/C92H180O17P2/c1-6-10-13-16-19-22-24-26-28-30-32-33-34-36-40-44-48-52-56-61-66-71-76-90(95)103-82-88(109-92(97)78-73-68-63-58-54-50-46-42-38-37-39-43-47-51-55-59-64-69-74-85(5)9-4)84-107-111(100,101)105-80-86(93)79-104-110(98,99)106-83-87(81-102-89(94)75-70-65-60-21-18-15-12-8-3)108-91(96)77-72-67-62-57-53-49-45-41-35-31-29-27-25-23-20-17-14-11-7-2/h85-88,93H,6-84H2,1-5H3,(H,98,99)(H,100,101)/t85?,86-,87+,88+/m0/s1. The first-order chi connectivity index (χ1) is 54.1. The zero-order valence-corrected chi connectivity index (χ0v) is 74.9. The van der Waals surface area contributed by atoms with Crippen molar-refractivity contribution < 1.29 is 80.2 Å². The van der Waals surface area contributed by atoms with Crippen molar-refractivity contribution in [2.45, 2.75) is 522 Å². The van der Waals surface area contributed by atoms with Crippen LogP contribution in [-0.2, 0) is 65.4 Å². The van der Waals surface area contributed by atoms with Gasteiger partial charge in [0, 0.05) is 25.7 Å². The smallest absolute Gasteiger partial charge is 0.462 e. The van der Waals surface area contributed by atoms with Crippen LogP contribution in [0.3, 0.4) is 0 Å². The summed E-state index contributed by atoms with van der Waals surface area (Å²) in [7, 11) is -9.93. The molecule has 0 aromatic heterocycles. The minimum absolute atomic E-state index is 0.109. The predicted molar refractivity (Wildman–Crippen MR) is 460 cm³/mol. The van der Waals surface area contributed by atoms with E-state index in [0.717, 1.165) is 95.8 Å². The fraction of sp³-hybridized carbons (Fsp3) is 0.957. The summed E-state index contributed by atoms with van der Waals surface area (Å²) in [5.74, 6) is -1.23. The molecule has 3 unspecified atom stereocenters. The Morgan fingerprint density at radius 2 is 0.432 bits per heavy atom. The zero-order chi connectivity index (χ0) is 81.1. The highest BCUT2D eigenvalue weighted by molar-refractivity contribution is 7.47. The molecule has 0 aromatic rings. The lowest BCUT2D eigenvalue weighted by atomic mass is 9.99. The first-order valence-corrected chi connectivity index (χ1v) is 50.7. The molecule has 111 heavy (non-hydrogen) atoms. The van der Waals surface area contributed by atoms with E-state index in [1.165, 1.54) is 327 Å². The van der Waals surface area contributed by atoms with E-state index in [1.54, 1.807) is 0 Å². The molecule has 0 radical (unpaired) electrons. The summed E-state index contributed by atoms with van der Waals surface area (Å²) in [6.07, 6.45) is 80.9. The number of unbranched alkanes of at least 4 members (excludes halogenated alkanes) is 63. The van der Waals surface area contributed by atoms with Gasteiger partial charge >= 0.3 is 39.5 Å². The van der Waals surface area contributed by atoms with Crippen LogP contribution in [0.15, 0.2) is 0 Å². The number of esters is 4. The van der Waals surface area contributed by atoms with Crippen molar-refractivity contribution in [2.24, 2.45) is 5.92 Å². The van der Waals surface area contributed by atoms with Crippen LogP contribution in [0.5, 0.6) is 0 Å². The maximum atomic E-state index is 13.2. The van der Waals surface area contributed by atoms with Crippen molar-refractivity contribution in [1.29, 1.82) is 0 Å². The fourth-order valence-corrected chi connectivity index (χ4v) is 16.1.